The number of carbonyl (C=O) groups is 1. The molecule has 4 heteroatoms. The van der Waals surface area contributed by atoms with E-state index < -0.39 is 0 Å². The van der Waals surface area contributed by atoms with E-state index in [1.165, 1.54) is 43.7 Å². The van der Waals surface area contributed by atoms with Crippen LogP contribution in [-0.4, -0.2) is 24.7 Å². The van der Waals surface area contributed by atoms with Gasteiger partial charge in [-0.15, -0.1) is 0 Å². The maximum atomic E-state index is 11.4. The fourth-order valence-corrected chi connectivity index (χ4v) is 4.23. The number of fused-ring (bicyclic) bond motifs is 1. The van der Waals surface area contributed by atoms with E-state index in [4.69, 9.17) is 9.47 Å². The second-order valence-electron chi connectivity index (χ2n) is 8.00. The number of benzene rings is 2. The lowest BCUT2D eigenvalue weighted by Crippen LogP contribution is -2.08. The van der Waals surface area contributed by atoms with E-state index in [1.54, 1.807) is 0 Å². The van der Waals surface area contributed by atoms with Crippen molar-refractivity contribution in [3.8, 4) is 16.9 Å². The molecule has 152 valence electrons. The summed E-state index contributed by atoms with van der Waals surface area (Å²) in [4.78, 5) is 14.7. The molecule has 0 amide bonds. The number of rotatable bonds is 8. The van der Waals surface area contributed by atoms with Crippen LogP contribution in [0.4, 0.5) is 0 Å². The van der Waals surface area contributed by atoms with Crippen molar-refractivity contribution in [1.82, 2.24) is 4.98 Å². The zero-order chi connectivity index (χ0) is 20.1. The van der Waals surface area contributed by atoms with Crippen LogP contribution in [0.25, 0.3) is 22.0 Å². The molecule has 0 unspecified atom stereocenters. The molecule has 1 saturated carbocycles. The first kappa shape index (κ1) is 19.6. The fourth-order valence-electron chi connectivity index (χ4n) is 4.23. The summed E-state index contributed by atoms with van der Waals surface area (Å²) in [6.45, 7) is 0.793. The molecule has 2 aromatic carbocycles. The van der Waals surface area contributed by atoms with Crippen LogP contribution in [0.5, 0.6) is 5.75 Å². The van der Waals surface area contributed by atoms with Gasteiger partial charge in [0.05, 0.1) is 13.7 Å². The average Bonchev–Trinajstić information content (AvgIpc) is 3.43. The molecule has 4 rings (SSSR count). The van der Waals surface area contributed by atoms with Crippen LogP contribution in [-0.2, 0) is 16.0 Å². The molecule has 1 aromatic heterocycles. The molecule has 0 radical (unpaired) electrons. The summed E-state index contributed by atoms with van der Waals surface area (Å²) in [6.07, 6.45) is 9.24. The molecule has 1 heterocycles. The molecule has 3 aromatic rings. The zero-order valence-electron chi connectivity index (χ0n) is 17.1. The van der Waals surface area contributed by atoms with Crippen LogP contribution in [0.3, 0.4) is 0 Å². The smallest absolute Gasteiger partial charge is 0.305 e. The first-order chi connectivity index (χ1) is 14.2. The molecule has 1 aliphatic rings. The number of esters is 1. The Labute approximate surface area is 172 Å². The van der Waals surface area contributed by atoms with Crippen molar-refractivity contribution in [2.75, 3.05) is 13.7 Å². The SMILES string of the molecule is COC(=O)CCCc1ccc(OCC2CCCC2)c(-c2ccc3[nH]ccc3c2)c1. The van der Waals surface area contributed by atoms with Crippen LogP contribution < -0.4 is 4.74 Å². The maximum Gasteiger partial charge on any atom is 0.305 e. The lowest BCUT2D eigenvalue weighted by molar-refractivity contribution is -0.140. The van der Waals surface area contributed by atoms with Crippen LogP contribution in [0.15, 0.2) is 48.7 Å². The number of aryl methyl sites for hydroxylation is 1. The monoisotopic (exact) mass is 391 g/mol. The molecule has 0 aliphatic heterocycles. The lowest BCUT2D eigenvalue weighted by atomic mass is 9.98. The number of hydrogen-bond acceptors (Lipinski definition) is 3. The molecule has 0 saturated heterocycles. The summed E-state index contributed by atoms with van der Waals surface area (Å²) in [5.41, 5.74) is 4.64. The van der Waals surface area contributed by atoms with Crippen molar-refractivity contribution in [2.24, 2.45) is 5.92 Å². The van der Waals surface area contributed by atoms with Gasteiger partial charge < -0.3 is 14.5 Å². The topological polar surface area (TPSA) is 51.3 Å². The number of hydrogen-bond donors (Lipinski definition) is 1. The quantitative estimate of drug-likeness (QED) is 0.486. The molecule has 1 aliphatic carbocycles. The lowest BCUT2D eigenvalue weighted by Gasteiger charge is -2.16. The van der Waals surface area contributed by atoms with E-state index in [0.29, 0.717) is 12.3 Å². The number of methoxy groups -OCH3 is 1. The normalized spacial score (nSPS) is 14.4. The highest BCUT2D eigenvalue weighted by Crippen LogP contribution is 2.34. The van der Waals surface area contributed by atoms with Crippen molar-refractivity contribution in [3.63, 3.8) is 0 Å². The average molecular weight is 392 g/mol. The third kappa shape index (κ3) is 4.81. The molecule has 29 heavy (non-hydrogen) atoms. The molecule has 0 spiro atoms. The van der Waals surface area contributed by atoms with Gasteiger partial charge in [0, 0.05) is 23.7 Å². The predicted octanol–water partition coefficient (Wildman–Crippen LogP) is 5.90. The third-order valence-corrected chi connectivity index (χ3v) is 5.93. The summed E-state index contributed by atoms with van der Waals surface area (Å²) >= 11 is 0. The summed E-state index contributed by atoms with van der Waals surface area (Å²) in [5.74, 6) is 1.47. The van der Waals surface area contributed by atoms with E-state index in [-0.39, 0.29) is 5.97 Å². The number of nitrogens with one attached hydrogen (secondary N) is 1. The largest absolute Gasteiger partial charge is 0.493 e. The van der Waals surface area contributed by atoms with Gasteiger partial charge in [-0.05, 0) is 78.4 Å². The van der Waals surface area contributed by atoms with Gasteiger partial charge in [-0.2, -0.15) is 0 Å². The third-order valence-electron chi connectivity index (χ3n) is 5.93. The highest BCUT2D eigenvalue weighted by atomic mass is 16.5. The number of aromatic nitrogens is 1. The Kier molecular flexibility index (Phi) is 6.18. The molecule has 4 nitrogen and oxygen atoms in total. The molecule has 0 bridgehead atoms. The van der Waals surface area contributed by atoms with Crippen molar-refractivity contribution in [1.29, 1.82) is 0 Å². The van der Waals surface area contributed by atoms with Gasteiger partial charge in [-0.1, -0.05) is 25.0 Å². The minimum absolute atomic E-state index is 0.153. The first-order valence-electron chi connectivity index (χ1n) is 10.6. The molecular weight excluding hydrogens is 362 g/mol. The van der Waals surface area contributed by atoms with Crippen molar-refractivity contribution < 1.29 is 14.3 Å². The molecule has 1 N–H and O–H groups in total. The van der Waals surface area contributed by atoms with E-state index in [0.717, 1.165) is 41.8 Å². The minimum atomic E-state index is -0.153. The van der Waals surface area contributed by atoms with Gasteiger partial charge in [0.15, 0.2) is 0 Å². The summed E-state index contributed by atoms with van der Waals surface area (Å²) < 4.78 is 11.1. The fraction of sp³-hybridized carbons (Fsp3) is 0.400. The first-order valence-corrected chi connectivity index (χ1v) is 10.6. The van der Waals surface area contributed by atoms with Gasteiger partial charge in [0.25, 0.3) is 0 Å². The molecule has 0 atom stereocenters. The highest BCUT2D eigenvalue weighted by molar-refractivity contribution is 5.86. The Morgan fingerprint density at radius 3 is 2.79 bits per heavy atom. The van der Waals surface area contributed by atoms with Crippen LogP contribution in [0, 0.1) is 5.92 Å². The summed E-state index contributed by atoms with van der Waals surface area (Å²) in [6, 6.07) is 15.0. The Balaban J connectivity index is 1.58. The zero-order valence-corrected chi connectivity index (χ0v) is 17.1. The molecule has 1 fully saturated rings. The predicted molar refractivity (Wildman–Crippen MR) is 116 cm³/mol. The summed E-state index contributed by atoms with van der Waals surface area (Å²) in [5, 5.41) is 1.19. The van der Waals surface area contributed by atoms with Gasteiger partial charge in [0.2, 0.25) is 0 Å². The standard InChI is InChI=1S/C25H29NO3/c1-28-25(27)8-4-7-18-9-12-24(29-17-19-5-2-3-6-19)22(15-18)20-10-11-23-21(16-20)13-14-26-23/h9-16,19,26H,2-8,17H2,1H3. The van der Waals surface area contributed by atoms with Gasteiger partial charge in [-0.25, -0.2) is 0 Å². The van der Waals surface area contributed by atoms with Gasteiger partial charge in [0.1, 0.15) is 5.75 Å². The second-order valence-corrected chi connectivity index (χ2v) is 8.00. The van der Waals surface area contributed by atoms with Crippen molar-refractivity contribution in [2.45, 2.75) is 44.9 Å². The minimum Gasteiger partial charge on any atom is -0.493 e. The Morgan fingerprint density at radius 2 is 1.97 bits per heavy atom. The highest BCUT2D eigenvalue weighted by Gasteiger charge is 2.17. The Hall–Kier alpha value is -2.75. The number of H-pyrrole nitrogens is 1. The summed E-state index contributed by atoms with van der Waals surface area (Å²) in [7, 11) is 1.44. The van der Waals surface area contributed by atoms with E-state index >= 15 is 0 Å². The molecular formula is C25H29NO3. The number of aromatic amines is 1. The Bertz CT molecular complexity index is 969. The van der Waals surface area contributed by atoms with Crippen LogP contribution in [0.1, 0.15) is 44.1 Å². The second kappa shape index (κ2) is 9.17. The van der Waals surface area contributed by atoms with Gasteiger partial charge in [-0.3, -0.25) is 4.79 Å². The Morgan fingerprint density at radius 1 is 1.10 bits per heavy atom. The van der Waals surface area contributed by atoms with Crippen LogP contribution >= 0.6 is 0 Å². The number of ether oxygens (including phenoxy) is 2. The number of carbonyl (C=O) groups excluding carboxylic acids is 1. The maximum absolute atomic E-state index is 11.4. The van der Waals surface area contributed by atoms with Crippen molar-refractivity contribution >= 4 is 16.9 Å². The van der Waals surface area contributed by atoms with E-state index in [1.807, 2.05) is 6.20 Å². The van der Waals surface area contributed by atoms with E-state index in [2.05, 4.69) is 47.4 Å². The van der Waals surface area contributed by atoms with Crippen molar-refractivity contribution in [3.05, 3.63) is 54.2 Å². The van der Waals surface area contributed by atoms with E-state index in [9.17, 15) is 4.79 Å². The van der Waals surface area contributed by atoms with Crippen LogP contribution in [0.2, 0.25) is 0 Å². The van der Waals surface area contributed by atoms with Gasteiger partial charge >= 0.3 is 5.97 Å².